The fraction of sp³-hybridized carbons (Fsp3) is 0.714. The fourth-order valence-corrected chi connectivity index (χ4v) is 3.70. The first-order chi connectivity index (χ1) is 8.74. The molecule has 1 aromatic heterocycles. The van der Waals surface area contributed by atoms with Crippen molar-refractivity contribution in [2.45, 2.75) is 57.9 Å². The number of carbonyl (C=O) groups excluding carboxylic acids is 1. The van der Waals surface area contributed by atoms with E-state index in [0.717, 1.165) is 30.1 Å². The summed E-state index contributed by atoms with van der Waals surface area (Å²) in [5.74, 6) is 0.929. The van der Waals surface area contributed by atoms with Gasteiger partial charge in [-0.1, -0.05) is 12.8 Å². The second-order valence-electron chi connectivity index (χ2n) is 5.62. The summed E-state index contributed by atoms with van der Waals surface area (Å²) in [5, 5.41) is 2.95. The van der Waals surface area contributed by atoms with Crippen LogP contribution in [-0.2, 0) is 4.79 Å². The molecule has 2 aliphatic carbocycles. The van der Waals surface area contributed by atoms with Crippen LogP contribution in [0.4, 0.5) is 5.13 Å². The second-order valence-corrected chi connectivity index (χ2v) is 6.46. The maximum atomic E-state index is 12.5. The van der Waals surface area contributed by atoms with Crippen LogP contribution in [0.15, 0.2) is 5.38 Å². The van der Waals surface area contributed by atoms with E-state index in [1.54, 1.807) is 11.3 Å². The molecule has 0 atom stereocenters. The van der Waals surface area contributed by atoms with Gasteiger partial charge in [0.2, 0.25) is 5.91 Å². The molecule has 4 heteroatoms. The van der Waals surface area contributed by atoms with Crippen LogP contribution in [0.3, 0.4) is 0 Å². The summed E-state index contributed by atoms with van der Waals surface area (Å²) in [4.78, 5) is 19.0. The largest absolute Gasteiger partial charge is 0.285 e. The molecular formula is C14H20N2OS. The first-order valence-corrected chi connectivity index (χ1v) is 7.86. The van der Waals surface area contributed by atoms with E-state index in [4.69, 9.17) is 0 Å². The van der Waals surface area contributed by atoms with Gasteiger partial charge in [-0.15, -0.1) is 11.3 Å². The predicted octanol–water partition coefficient (Wildman–Crippen LogP) is 3.53. The highest BCUT2D eigenvalue weighted by molar-refractivity contribution is 7.14. The summed E-state index contributed by atoms with van der Waals surface area (Å²) in [6.45, 7) is 1.99. The molecule has 3 nitrogen and oxygen atoms in total. The Balaban J connectivity index is 1.71. The summed E-state index contributed by atoms with van der Waals surface area (Å²) in [6, 6.07) is 0.435. The average molecular weight is 264 g/mol. The van der Waals surface area contributed by atoms with Gasteiger partial charge in [0.1, 0.15) is 0 Å². The zero-order valence-corrected chi connectivity index (χ0v) is 11.7. The normalized spacial score (nSPS) is 20.3. The van der Waals surface area contributed by atoms with Gasteiger partial charge in [-0.2, -0.15) is 0 Å². The van der Waals surface area contributed by atoms with Gasteiger partial charge < -0.3 is 0 Å². The molecule has 2 aliphatic rings. The Hall–Kier alpha value is -0.900. The highest BCUT2D eigenvalue weighted by Crippen LogP contribution is 2.36. The van der Waals surface area contributed by atoms with E-state index in [0.29, 0.717) is 17.9 Å². The molecule has 0 aliphatic heterocycles. The monoisotopic (exact) mass is 264 g/mol. The average Bonchev–Trinajstić information content (AvgIpc) is 2.85. The number of rotatable bonds is 4. The Morgan fingerprint density at radius 2 is 2.11 bits per heavy atom. The molecule has 2 saturated carbocycles. The molecular weight excluding hydrogens is 244 g/mol. The zero-order chi connectivity index (χ0) is 12.5. The number of amides is 1. The molecule has 0 saturated heterocycles. The molecule has 18 heavy (non-hydrogen) atoms. The van der Waals surface area contributed by atoms with Crippen molar-refractivity contribution in [1.29, 1.82) is 0 Å². The Labute approximate surface area is 112 Å². The van der Waals surface area contributed by atoms with Crippen molar-refractivity contribution in [3.63, 3.8) is 0 Å². The molecule has 0 spiro atoms. The molecule has 2 fully saturated rings. The van der Waals surface area contributed by atoms with Crippen LogP contribution in [0, 0.1) is 12.8 Å². The quantitative estimate of drug-likeness (QED) is 0.833. The lowest BCUT2D eigenvalue weighted by atomic mass is 10.0. The number of carbonyl (C=O) groups is 1. The first-order valence-electron chi connectivity index (χ1n) is 6.98. The van der Waals surface area contributed by atoms with Crippen molar-refractivity contribution in [1.82, 2.24) is 4.98 Å². The number of nitrogens with zero attached hydrogens (tertiary/aromatic N) is 2. The van der Waals surface area contributed by atoms with Crippen LogP contribution in [0.25, 0.3) is 0 Å². The molecule has 0 bridgehead atoms. The smallest absolute Gasteiger partial charge is 0.229 e. The topological polar surface area (TPSA) is 33.2 Å². The van der Waals surface area contributed by atoms with Crippen LogP contribution < -0.4 is 4.90 Å². The van der Waals surface area contributed by atoms with Gasteiger partial charge in [-0.3, -0.25) is 9.69 Å². The maximum absolute atomic E-state index is 12.5. The lowest BCUT2D eigenvalue weighted by Gasteiger charge is -2.21. The summed E-state index contributed by atoms with van der Waals surface area (Å²) >= 11 is 1.61. The predicted molar refractivity (Wildman–Crippen MR) is 73.9 cm³/mol. The van der Waals surface area contributed by atoms with Gasteiger partial charge in [0.25, 0.3) is 0 Å². The number of anilines is 1. The Morgan fingerprint density at radius 3 is 2.67 bits per heavy atom. The van der Waals surface area contributed by atoms with Crippen LogP contribution in [0.5, 0.6) is 0 Å². The summed E-state index contributed by atoms with van der Waals surface area (Å²) in [6.07, 6.45) is 8.11. The van der Waals surface area contributed by atoms with E-state index in [-0.39, 0.29) is 0 Å². The van der Waals surface area contributed by atoms with Gasteiger partial charge >= 0.3 is 0 Å². The van der Waals surface area contributed by atoms with Crippen LogP contribution >= 0.6 is 11.3 Å². The zero-order valence-electron chi connectivity index (χ0n) is 10.9. The second kappa shape index (κ2) is 5.00. The van der Waals surface area contributed by atoms with E-state index in [2.05, 4.69) is 4.98 Å². The van der Waals surface area contributed by atoms with E-state index < -0.39 is 0 Å². The molecule has 0 N–H and O–H groups in total. The van der Waals surface area contributed by atoms with Gasteiger partial charge in [-0.05, 0) is 38.5 Å². The number of thiazole rings is 1. The summed E-state index contributed by atoms with van der Waals surface area (Å²) in [5.41, 5.74) is 1.02. The molecule has 98 valence electrons. The van der Waals surface area contributed by atoms with Crippen molar-refractivity contribution < 1.29 is 4.79 Å². The first kappa shape index (κ1) is 12.2. The highest BCUT2D eigenvalue weighted by atomic mass is 32.1. The third kappa shape index (κ3) is 2.58. The van der Waals surface area contributed by atoms with Crippen molar-refractivity contribution >= 4 is 22.4 Å². The Kier molecular flexibility index (Phi) is 3.37. The van der Waals surface area contributed by atoms with Gasteiger partial charge in [0.15, 0.2) is 5.13 Å². The fourth-order valence-electron chi connectivity index (χ4n) is 2.81. The van der Waals surface area contributed by atoms with Crippen LogP contribution in [0.1, 0.15) is 50.6 Å². The molecule has 1 heterocycles. The molecule has 1 aromatic rings. The highest BCUT2D eigenvalue weighted by Gasteiger charge is 2.36. The number of hydrogen-bond donors (Lipinski definition) is 0. The standard InChI is InChI=1S/C14H20N2OS/c1-10-9-18-14(15-10)16(12-6-7-12)13(17)8-11-4-2-3-5-11/h9,11-12H,2-8H2,1H3. The third-order valence-electron chi connectivity index (χ3n) is 3.93. The SMILES string of the molecule is Cc1csc(N(C(=O)CC2CCCC2)C2CC2)n1. The third-order valence-corrected chi connectivity index (χ3v) is 4.89. The van der Waals surface area contributed by atoms with Crippen molar-refractivity contribution in [2.75, 3.05) is 4.90 Å². The molecule has 1 amide bonds. The van der Waals surface area contributed by atoms with Crippen molar-refractivity contribution in [2.24, 2.45) is 5.92 Å². The van der Waals surface area contributed by atoms with E-state index in [1.165, 1.54) is 25.7 Å². The minimum Gasteiger partial charge on any atom is -0.285 e. The minimum absolute atomic E-state index is 0.304. The number of aryl methyl sites for hydroxylation is 1. The lowest BCUT2D eigenvalue weighted by Crippen LogP contribution is -2.34. The van der Waals surface area contributed by atoms with Crippen molar-refractivity contribution in [3.05, 3.63) is 11.1 Å². The molecule has 0 aromatic carbocycles. The molecule has 3 rings (SSSR count). The van der Waals surface area contributed by atoms with E-state index >= 15 is 0 Å². The van der Waals surface area contributed by atoms with Gasteiger partial charge in [0, 0.05) is 17.8 Å². The number of aromatic nitrogens is 1. The molecule has 0 radical (unpaired) electrons. The molecule has 0 unspecified atom stereocenters. The Morgan fingerprint density at radius 1 is 1.39 bits per heavy atom. The summed E-state index contributed by atoms with van der Waals surface area (Å²) in [7, 11) is 0. The van der Waals surface area contributed by atoms with E-state index in [9.17, 15) is 4.79 Å². The van der Waals surface area contributed by atoms with Crippen LogP contribution in [0.2, 0.25) is 0 Å². The van der Waals surface area contributed by atoms with Crippen molar-refractivity contribution in [3.8, 4) is 0 Å². The maximum Gasteiger partial charge on any atom is 0.229 e. The van der Waals surface area contributed by atoms with Gasteiger partial charge in [0.05, 0.1) is 5.69 Å². The van der Waals surface area contributed by atoms with Gasteiger partial charge in [-0.25, -0.2) is 4.98 Å². The Bertz CT molecular complexity index is 433. The number of hydrogen-bond acceptors (Lipinski definition) is 3. The minimum atomic E-state index is 0.304. The lowest BCUT2D eigenvalue weighted by molar-refractivity contribution is -0.119. The van der Waals surface area contributed by atoms with E-state index in [1.807, 2.05) is 17.2 Å². The summed E-state index contributed by atoms with van der Waals surface area (Å²) < 4.78 is 0. The van der Waals surface area contributed by atoms with Crippen LogP contribution in [-0.4, -0.2) is 16.9 Å².